The summed E-state index contributed by atoms with van der Waals surface area (Å²) >= 11 is 0. The van der Waals surface area contributed by atoms with E-state index in [0.29, 0.717) is 12.1 Å². The summed E-state index contributed by atoms with van der Waals surface area (Å²) in [5.41, 5.74) is -1.39. The van der Waals surface area contributed by atoms with Crippen LogP contribution in [0.5, 0.6) is 0 Å². The van der Waals surface area contributed by atoms with Crippen LogP contribution in [-0.4, -0.2) is 55.0 Å². The van der Waals surface area contributed by atoms with E-state index in [0.717, 1.165) is 29.5 Å². The summed E-state index contributed by atoms with van der Waals surface area (Å²) in [4.78, 5) is 13.1. The molecular formula is C23H26F3NO7S3. The zero-order valence-electron chi connectivity index (χ0n) is 20.4. The van der Waals surface area contributed by atoms with Crippen molar-refractivity contribution in [2.24, 2.45) is 5.92 Å². The Kier molecular flexibility index (Phi) is 7.38. The van der Waals surface area contributed by atoms with E-state index in [-0.39, 0.29) is 34.9 Å². The molecule has 8 nitrogen and oxygen atoms in total. The number of hydrogen-bond acceptors (Lipinski definition) is 7. The average molecular weight is 582 g/mol. The van der Waals surface area contributed by atoms with Crippen molar-refractivity contribution < 1.29 is 43.2 Å². The summed E-state index contributed by atoms with van der Waals surface area (Å²) in [5.74, 6) is -1.38. The quantitative estimate of drug-likeness (QED) is 0.512. The van der Waals surface area contributed by atoms with E-state index < -0.39 is 62.7 Å². The number of nitrogens with zero attached hydrogens (tertiary/aromatic N) is 1. The van der Waals surface area contributed by atoms with E-state index in [1.165, 1.54) is 32.0 Å². The van der Waals surface area contributed by atoms with Gasteiger partial charge in [-0.2, -0.15) is 13.2 Å². The fourth-order valence-corrected chi connectivity index (χ4v) is 7.71. The smallest absolute Gasteiger partial charge is 0.311 e. The van der Waals surface area contributed by atoms with E-state index in [1.807, 2.05) is 0 Å². The summed E-state index contributed by atoms with van der Waals surface area (Å²) in [5, 5.41) is 0. The van der Waals surface area contributed by atoms with Gasteiger partial charge in [-0.25, -0.2) is 25.3 Å². The molecule has 14 heteroatoms. The van der Waals surface area contributed by atoms with Crippen molar-refractivity contribution in [2.45, 2.75) is 52.3 Å². The Labute approximate surface area is 214 Å². The van der Waals surface area contributed by atoms with Crippen molar-refractivity contribution in [3.63, 3.8) is 0 Å². The minimum Gasteiger partial charge on any atom is -0.311 e. The first-order valence-electron chi connectivity index (χ1n) is 10.9. The number of benzene rings is 2. The Morgan fingerprint density at radius 1 is 0.865 bits per heavy atom. The second-order valence-corrected chi connectivity index (χ2v) is 16.1. The van der Waals surface area contributed by atoms with Crippen LogP contribution >= 0.6 is 0 Å². The van der Waals surface area contributed by atoms with Crippen molar-refractivity contribution in [1.82, 2.24) is 0 Å². The highest BCUT2D eigenvalue weighted by atomic mass is 32.2. The van der Waals surface area contributed by atoms with Crippen LogP contribution in [0.25, 0.3) is 0 Å². The highest BCUT2D eigenvalue weighted by Gasteiger charge is 2.46. The number of anilines is 1. The van der Waals surface area contributed by atoms with Gasteiger partial charge in [-0.05, 0) is 62.6 Å². The monoisotopic (exact) mass is 581 g/mol. The largest absolute Gasteiger partial charge is 0.416 e. The van der Waals surface area contributed by atoms with Crippen LogP contribution in [0.3, 0.4) is 0 Å². The van der Waals surface area contributed by atoms with Crippen molar-refractivity contribution in [2.75, 3.05) is 24.0 Å². The molecule has 0 N–H and O–H groups in total. The molecule has 1 atom stereocenters. The molecule has 37 heavy (non-hydrogen) atoms. The molecule has 0 aliphatic carbocycles. The number of rotatable bonds is 6. The number of amides is 1. The van der Waals surface area contributed by atoms with Gasteiger partial charge in [0.25, 0.3) is 0 Å². The molecule has 204 valence electrons. The number of carbonyl (C=O) groups is 1. The van der Waals surface area contributed by atoms with Gasteiger partial charge in [-0.1, -0.05) is 6.07 Å². The lowest BCUT2D eigenvalue weighted by atomic mass is 9.85. The maximum Gasteiger partial charge on any atom is 0.416 e. The molecule has 0 saturated carbocycles. The first kappa shape index (κ1) is 29.1. The Hall–Kier alpha value is -2.45. The first-order valence-corrected chi connectivity index (χ1v) is 16.2. The van der Waals surface area contributed by atoms with Gasteiger partial charge in [0.05, 0.1) is 30.7 Å². The zero-order chi connectivity index (χ0) is 28.2. The number of halogens is 3. The molecule has 0 radical (unpaired) electrons. The molecule has 1 amide bonds. The molecule has 1 saturated heterocycles. The molecular weight excluding hydrogens is 555 g/mol. The van der Waals surface area contributed by atoms with Crippen molar-refractivity contribution in [1.29, 1.82) is 0 Å². The highest BCUT2D eigenvalue weighted by molar-refractivity contribution is 7.93. The molecule has 1 aliphatic rings. The number of piperidine rings is 1. The zero-order valence-corrected chi connectivity index (χ0v) is 22.9. The van der Waals surface area contributed by atoms with Gasteiger partial charge in [0.2, 0.25) is 5.91 Å². The van der Waals surface area contributed by atoms with E-state index in [4.69, 9.17) is 0 Å². The summed E-state index contributed by atoms with van der Waals surface area (Å²) in [6.45, 7) is 2.71. The molecule has 2 aromatic rings. The summed E-state index contributed by atoms with van der Waals surface area (Å²) in [6.07, 6.45) is -3.31. The average Bonchev–Trinajstić information content (AvgIpc) is 2.77. The Balaban J connectivity index is 1.95. The van der Waals surface area contributed by atoms with Crippen LogP contribution < -0.4 is 4.90 Å². The van der Waals surface area contributed by atoms with Gasteiger partial charge in [0.15, 0.2) is 29.5 Å². The fraction of sp³-hybridized carbons (Fsp3) is 0.435. The second kappa shape index (κ2) is 9.38. The maximum absolute atomic E-state index is 13.5. The SMILES string of the molecule is CC(C)([C@@H]1CCN(c2ccc(C(F)(F)F)cc2S(C)(=O)=O)C(=O)C1)S(=O)(=O)c1cccc(S(C)(=O)=O)c1. The summed E-state index contributed by atoms with van der Waals surface area (Å²) in [6, 6.07) is 7.00. The lowest BCUT2D eigenvalue weighted by Gasteiger charge is -2.40. The molecule has 0 unspecified atom stereocenters. The number of alkyl halides is 3. The Morgan fingerprint density at radius 2 is 1.46 bits per heavy atom. The second-order valence-electron chi connectivity index (χ2n) is 9.54. The van der Waals surface area contributed by atoms with Crippen LogP contribution in [-0.2, 0) is 40.5 Å². The van der Waals surface area contributed by atoms with Gasteiger partial charge in [-0.15, -0.1) is 0 Å². The first-order chi connectivity index (χ1) is 16.7. The van der Waals surface area contributed by atoms with E-state index >= 15 is 0 Å². The topological polar surface area (TPSA) is 123 Å². The van der Waals surface area contributed by atoms with Crippen molar-refractivity contribution in [3.8, 4) is 0 Å². The maximum atomic E-state index is 13.5. The highest BCUT2D eigenvalue weighted by Crippen LogP contribution is 2.41. The van der Waals surface area contributed by atoms with E-state index in [1.54, 1.807) is 0 Å². The molecule has 1 heterocycles. The lowest BCUT2D eigenvalue weighted by molar-refractivity contribution is -0.137. The van der Waals surface area contributed by atoms with Gasteiger partial charge in [-0.3, -0.25) is 4.79 Å². The van der Waals surface area contributed by atoms with Gasteiger partial charge in [0.1, 0.15) is 0 Å². The molecule has 0 aromatic heterocycles. The predicted molar refractivity (Wildman–Crippen MR) is 130 cm³/mol. The summed E-state index contributed by atoms with van der Waals surface area (Å²) in [7, 11) is -12.0. The third-order valence-corrected chi connectivity index (χ3v) is 11.4. The van der Waals surface area contributed by atoms with E-state index in [9.17, 15) is 43.2 Å². The number of hydrogen-bond donors (Lipinski definition) is 0. The van der Waals surface area contributed by atoms with Crippen LogP contribution in [0.15, 0.2) is 57.2 Å². The standard InChI is InChI=1S/C23H26F3NO7S3/c1-22(2,37(33,34)18-7-5-6-17(14-18)35(3,29)30)15-10-11-27(21(28)13-15)19-9-8-16(23(24,25)26)12-20(19)36(4,31)32/h5-9,12,14-15H,10-11,13H2,1-4H3/t15-/m1/s1. The molecule has 0 bridgehead atoms. The van der Waals surface area contributed by atoms with Crippen LogP contribution in [0.1, 0.15) is 32.3 Å². The van der Waals surface area contributed by atoms with Crippen molar-refractivity contribution in [3.05, 3.63) is 48.0 Å². The molecule has 0 spiro atoms. The molecule has 2 aromatic carbocycles. The normalized spacial score (nSPS) is 18.2. The Bertz CT molecular complexity index is 1560. The minimum absolute atomic E-state index is 0.105. The summed E-state index contributed by atoms with van der Waals surface area (Å²) < 4.78 is 113. The predicted octanol–water partition coefficient (Wildman–Crippen LogP) is 3.51. The van der Waals surface area contributed by atoms with Crippen molar-refractivity contribution >= 4 is 41.1 Å². The number of carbonyl (C=O) groups excluding carboxylic acids is 1. The minimum atomic E-state index is -4.79. The lowest BCUT2D eigenvalue weighted by Crippen LogP contribution is -2.49. The Morgan fingerprint density at radius 3 is 1.97 bits per heavy atom. The molecule has 3 rings (SSSR count). The van der Waals surface area contributed by atoms with Gasteiger partial charge >= 0.3 is 6.18 Å². The van der Waals surface area contributed by atoms with Gasteiger partial charge < -0.3 is 4.90 Å². The van der Waals surface area contributed by atoms with Gasteiger partial charge in [0, 0.05) is 25.5 Å². The third kappa shape index (κ3) is 5.70. The molecule has 1 aliphatic heterocycles. The van der Waals surface area contributed by atoms with Crippen LogP contribution in [0.2, 0.25) is 0 Å². The van der Waals surface area contributed by atoms with Crippen LogP contribution in [0, 0.1) is 5.92 Å². The van der Waals surface area contributed by atoms with E-state index in [2.05, 4.69) is 0 Å². The fourth-order valence-electron chi connectivity index (χ4n) is 4.29. The third-order valence-electron chi connectivity index (χ3n) is 6.62. The van der Waals surface area contributed by atoms with Crippen LogP contribution in [0.4, 0.5) is 18.9 Å². The number of sulfone groups is 3. The molecule has 1 fully saturated rings.